The summed E-state index contributed by atoms with van der Waals surface area (Å²) in [6.07, 6.45) is 0. The van der Waals surface area contributed by atoms with Crippen LogP contribution in [-0.4, -0.2) is 30.8 Å². The van der Waals surface area contributed by atoms with Gasteiger partial charge in [0.2, 0.25) is 0 Å². The number of ether oxygens (including phenoxy) is 2. The van der Waals surface area contributed by atoms with Crippen molar-refractivity contribution in [2.24, 2.45) is 0 Å². The molecular formula is C17H14ClF2NO4S. The van der Waals surface area contributed by atoms with E-state index < -0.39 is 30.8 Å². The molecule has 138 valence electrons. The van der Waals surface area contributed by atoms with Gasteiger partial charge in [0.1, 0.15) is 5.75 Å². The van der Waals surface area contributed by atoms with E-state index in [1.54, 1.807) is 36.4 Å². The highest BCUT2D eigenvalue weighted by atomic mass is 35.5. The summed E-state index contributed by atoms with van der Waals surface area (Å²) in [5.74, 6) is -3.73. The van der Waals surface area contributed by atoms with Gasteiger partial charge in [0.25, 0.3) is 11.7 Å². The molecule has 2 rings (SSSR count). The molecule has 0 saturated heterocycles. The molecule has 0 unspecified atom stereocenters. The molecule has 0 radical (unpaired) electrons. The van der Waals surface area contributed by atoms with Crippen LogP contribution in [0.5, 0.6) is 5.75 Å². The summed E-state index contributed by atoms with van der Waals surface area (Å²) in [6.45, 7) is -0.993. The van der Waals surface area contributed by atoms with Crippen molar-refractivity contribution in [2.45, 2.75) is 10.7 Å². The predicted molar refractivity (Wildman–Crippen MR) is 94.8 cm³/mol. The van der Waals surface area contributed by atoms with E-state index >= 15 is 0 Å². The van der Waals surface area contributed by atoms with Crippen LogP contribution in [0.1, 0.15) is 0 Å². The van der Waals surface area contributed by atoms with Crippen molar-refractivity contribution >= 4 is 40.9 Å². The van der Waals surface area contributed by atoms with Gasteiger partial charge in [-0.25, -0.2) is 4.79 Å². The summed E-state index contributed by atoms with van der Waals surface area (Å²) in [7, 11) is 0. The molecule has 2 aromatic rings. The molecular weight excluding hydrogens is 388 g/mol. The molecule has 26 heavy (non-hydrogen) atoms. The van der Waals surface area contributed by atoms with E-state index in [-0.39, 0.29) is 10.6 Å². The third-order valence-electron chi connectivity index (χ3n) is 2.92. The van der Waals surface area contributed by atoms with Crippen LogP contribution in [0.4, 0.5) is 14.5 Å². The van der Waals surface area contributed by atoms with Crippen molar-refractivity contribution in [1.29, 1.82) is 0 Å². The van der Waals surface area contributed by atoms with Gasteiger partial charge in [0.05, 0.1) is 10.7 Å². The third kappa shape index (κ3) is 6.53. The average molecular weight is 402 g/mol. The molecule has 0 aromatic heterocycles. The summed E-state index contributed by atoms with van der Waals surface area (Å²) >= 11 is 6.19. The first-order valence-electron chi connectivity index (χ1n) is 7.32. The van der Waals surface area contributed by atoms with E-state index in [9.17, 15) is 18.4 Å². The second-order valence-electron chi connectivity index (χ2n) is 4.80. The first kappa shape index (κ1) is 20.0. The minimum absolute atomic E-state index is 0.212. The van der Waals surface area contributed by atoms with Gasteiger partial charge in [-0.15, -0.1) is 0 Å². The molecule has 5 nitrogen and oxygen atoms in total. The van der Waals surface area contributed by atoms with Gasteiger partial charge >= 0.3 is 5.97 Å². The summed E-state index contributed by atoms with van der Waals surface area (Å²) in [6, 6.07) is 12.7. The summed E-state index contributed by atoms with van der Waals surface area (Å²) in [4.78, 5) is 23.7. The Balaban J connectivity index is 1.80. The Morgan fingerprint density at radius 3 is 2.50 bits per heavy atom. The van der Waals surface area contributed by atoms with Gasteiger partial charge in [-0.1, -0.05) is 47.6 Å². The van der Waals surface area contributed by atoms with Gasteiger partial charge in [0, 0.05) is 4.90 Å². The van der Waals surface area contributed by atoms with E-state index in [2.05, 4.69) is 5.32 Å². The van der Waals surface area contributed by atoms with Crippen LogP contribution in [0.25, 0.3) is 0 Å². The van der Waals surface area contributed by atoms with Gasteiger partial charge in [-0.3, -0.25) is 4.79 Å². The number of benzene rings is 2. The van der Waals surface area contributed by atoms with Gasteiger partial charge in [0.15, 0.2) is 13.2 Å². The summed E-state index contributed by atoms with van der Waals surface area (Å²) in [5, 5.41) is 2.76. The van der Waals surface area contributed by atoms with Crippen LogP contribution in [0.2, 0.25) is 5.02 Å². The van der Waals surface area contributed by atoms with Gasteiger partial charge in [-0.05, 0) is 24.3 Å². The molecule has 0 atom stereocenters. The first-order valence-corrected chi connectivity index (χ1v) is 8.58. The van der Waals surface area contributed by atoms with Crippen molar-refractivity contribution in [3.63, 3.8) is 0 Å². The maximum absolute atomic E-state index is 12.5. The van der Waals surface area contributed by atoms with Crippen molar-refractivity contribution in [2.75, 3.05) is 18.5 Å². The Kier molecular flexibility index (Phi) is 7.68. The number of hydrogen-bond acceptors (Lipinski definition) is 5. The normalized spacial score (nSPS) is 10.5. The van der Waals surface area contributed by atoms with Crippen LogP contribution in [0, 0.1) is 0 Å². The minimum Gasteiger partial charge on any atom is -0.480 e. The first-order chi connectivity index (χ1) is 12.5. The number of esters is 1. The second kappa shape index (κ2) is 9.98. The smallest absolute Gasteiger partial charge is 0.344 e. The summed E-state index contributed by atoms with van der Waals surface area (Å²) < 4.78 is 35.0. The zero-order valence-corrected chi connectivity index (χ0v) is 14.9. The molecule has 0 heterocycles. The topological polar surface area (TPSA) is 64.6 Å². The molecule has 0 saturated carbocycles. The van der Waals surface area contributed by atoms with Gasteiger partial charge in [-0.2, -0.15) is 8.78 Å². The number of alkyl halides is 2. The van der Waals surface area contributed by atoms with E-state index in [1.165, 1.54) is 12.1 Å². The third-order valence-corrected chi connectivity index (χ3v) is 4.02. The lowest BCUT2D eigenvalue weighted by Crippen LogP contribution is -2.24. The highest BCUT2D eigenvalue weighted by Crippen LogP contribution is 2.31. The molecule has 1 amide bonds. The highest BCUT2D eigenvalue weighted by Gasteiger charge is 2.13. The van der Waals surface area contributed by atoms with Crippen molar-refractivity contribution in [1.82, 2.24) is 0 Å². The Morgan fingerprint density at radius 2 is 1.77 bits per heavy atom. The fraction of sp³-hybridized carbons (Fsp3) is 0.176. The SMILES string of the molecule is O=C(COC(=O)COc1ccccc1Cl)Nc1ccccc1SC(F)F. The van der Waals surface area contributed by atoms with E-state index in [0.717, 1.165) is 0 Å². The standard InChI is InChI=1S/C17H14ClF2NO4S/c18-11-5-1-3-7-13(11)24-10-16(23)25-9-15(22)21-12-6-2-4-8-14(12)26-17(19)20/h1-8,17H,9-10H2,(H,21,22). The number of hydrogen-bond donors (Lipinski definition) is 1. The number of carbonyl (C=O) groups is 2. The van der Waals surface area contributed by atoms with Crippen molar-refractivity contribution < 1.29 is 27.8 Å². The molecule has 0 spiro atoms. The lowest BCUT2D eigenvalue weighted by molar-refractivity contribution is -0.149. The number of anilines is 1. The van der Waals surface area contributed by atoms with E-state index in [1.807, 2.05) is 0 Å². The number of carbonyl (C=O) groups excluding carboxylic acids is 2. The second-order valence-corrected chi connectivity index (χ2v) is 6.24. The monoisotopic (exact) mass is 401 g/mol. The van der Waals surface area contributed by atoms with E-state index in [4.69, 9.17) is 21.1 Å². The molecule has 0 aliphatic carbocycles. The molecule has 1 N–H and O–H groups in total. The van der Waals surface area contributed by atoms with Crippen LogP contribution >= 0.6 is 23.4 Å². The van der Waals surface area contributed by atoms with Crippen LogP contribution in [0.15, 0.2) is 53.4 Å². The van der Waals surface area contributed by atoms with Crippen molar-refractivity contribution in [3.8, 4) is 5.75 Å². The fourth-order valence-electron chi connectivity index (χ4n) is 1.84. The average Bonchev–Trinajstić information content (AvgIpc) is 2.60. The molecule has 0 aliphatic heterocycles. The largest absolute Gasteiger partial charge is 0.480 e. The number of amides is 1. The minimum atomic E-state index is -2.62. The zero-order valence-electron chi connectivity index (χ0n) is 13.3. The number of rotatable bonds is 8. The predicted octanol–water partition coefficient (Wildman–Crippen LogP) is 4.22. The number of halogens is 3. The Hall–Kier alpha value is -2.32. The number of thioether (sulfide) groups is 1. The molecule has 0 bridgehead atoms. The Bertz CT molecular complexity index is 776. The molecule has 0 fully saturated rings. The highest BCUT2D eigenvalue weighted by molar-refractivity contribution is 7.99. The molecule has 2 aromatic carbocycles. The molecule has 9 heteroatoms. The Morgan fingerprint density at radius 1 is 1.08 bits per heavy atom. The number of nitrogens with one attached hydrogen (secondary N) is 1. The van der Waals surface area contributed by atoms with Gasteiger partial charge < -0.3 is 14.8 Å². The maximum atomic E-state index is 12.5. The Labute approximate surface area is 157 Å². The zero-order chi connectivity index (χ0) is 18.9. The lowest BCUT2D eigenvalue weighted by Gasteiger charge is -2.11. The van der Waals surface area contributed by atoms with Crippen LogP contribution in [0.3, 0.4) is 0 Å². The fourth-order valence-corrected chi connectivity index (χ4v) is 2.63. The van der Waals surface area contributed by atoms with Crippen molar-refractivity contribution in [3.05, 3.63) is 53.6 Å². The van der Waals surface area contributed by atoms with E-state index in [0.29, 0.717) is 22.5 Å². The summed E-state index contributed by atoms with van der Waals surface area (Å²) in [5.41, 5.74) is 0.214. The van der Waals surface area contributed by atoms with Crippen LogP contribution < -0.4 is 10.1 Å². The lowest BCUT2D eigenvalue weighted by atomic mass is 10.3. The quantitative estimate of drug-likeness (QED) is 0.530. The van der Waals surface area contributed by atoms with Crippen LogP contribution in [-0.2, 0) is 14.3 Å². The number of para-hydroxylation sites is 2. The maximum Gasteiger partial charge on any atom is 0.344 e. The molecule has 0 aliphatic rings.